The predicted octanol–water partition coefficient (Wildman–Crippen LogP) is -0.913. The lowest BCUT2D eigenvalue weighted by Gasteiger charge is -2.14. The number of aliphatic hydroxyl groups is 2. The summed E-state index contributed by atoms with van der Waals surface area (Å²) in [5, 5.41) is 18.7. The van der Waals surface area contributed by atoms with Gasteiger partial charge in [-0.2, -0.15) is 4.98 Å². The Balaban J connectivity index is 2.11. The quantitative estimate of drug-likeness (QED) is 0.565. The van der Waals surface area contributed by atoms with Crippen LogP contribution in [0, 0.1) is 5.82 Å². The Hall–Kier alpha value is -1.97. The van der Waals surface area contributed by atoms with Crippen molar-refractivity contribution in [3.8, 4) is 0 Å². The summed E-state index contributed by atoms with van der Waals surface area (Å²) in [5.74, 6) is -0.764. The molecule has 0 unspecified atom stereocenters. The number of nitrogens with one attached hydrogen (secondary N) is 1. The molecule has 0 spiro atoms. The van der Waals surface area contributed by atoms with Gasteiger partial charge in [-0.05, 0) is 0 Å². The highest BCUT2D eigenvalue weighted by atomic mass is 19.1. The molecule has 1 aliphatic rings. The van der Waals surface area contributed by atoms with Crippen molar-refractivity contribution >= 4 is 16.9 Å². The molecule has 0 radical (unpaired) electrons. The van der Waals surface area contributed by atoms with Crippen molar-refractivity contribution in [3.63, 3.8) is 0 Å². The van der Waals surface area contributed by atoms with E-state index in [1.54, 1.807) is 0 Å². The molecule has 3 heterocycles. The summed E-state index contributed by atoms with van der Waals surface area (Å²) in [4.78, 5) is 17.3. The van der Waals surface area contributed by atoms with Gasteiger partial charge < -0.3 is 25.3 Å². The number of nitrogens with zero attached hydrogens (tertiary/aromatic N) is 2. The van der Waals surface area contributed by atoms with Crippen LogP contribution in [0.2, 0.25) is 0 Å². The van der Waals surface area contributed by atoms with Crippen molar-refractivity contribution in [2.45, 2.75) is 24.9 Å². The van der Waals surface area contributed by atoms with Crippen molar-refractivity contribution < 1.29 is 19.3 Å². The van der Waals surface area contributed by atoms with Crippen LogP contribution in [0.3, 0.4) is 0 Å². The van der Waals surface area contributed by atoms with Crippen molar-refractivity contribution in [2.75, 3.05) is 12.3 Å². The Kier molecular flexibility index (Phi) is 2.96. The minimum absolute atomic E-state index is 0.00450. The molecule has 0 amide bonds. The Labute approximate surface area is 111 Å². The first kappa shape index (κ1) is 13.0. The van der Waals surface area contributed by atoms with Gasteiger partial charge in [-0.1, -0.05) is 0 Å². The number of aromatic nitrogens is 3. The zero-order valence-electron chi connectivity index (χ0n) is 10.3. The number of H-pyrrole nitrogens is 1. The second-order valence-corrected chi connectivity index (χ2v) is 4.65. The number of rotatable bonds is 2. The van der Waals surface area contributed by atoms with Gasteiger partial charge in [0.1, 0.15) is 18.1 Å². The number of aromatic amines is 1. The van der Waals surface area contributed by atoms with Gasteiger partial charge in [-0.3, -0.25) is 4.98 Å². The van der Waals surface area contributed by atoms with Gasteiger partial charge in [0.05, 0.1) is 18.1 Å². The number of nitrogens with two attached hydrogens (primary N) is 1. The molecule has 8 nitrogen and oxygen atoms in total. The first-order valence-corrected chi connectivity index (χ1v) is 6.01. The van der Waals surface area contributed by atoms with Crippen LogP contribution in [0.25, 0.3) is 11.0 Å². The lowest BCUT2D eigenvalue weighted by atomic mass is 10.2. The average Bonchev–Trinajstić information content (AvgIpc) is 2.90. The van der Waals surface area contributed by atoms with E-state index in [2.05, 4.69) is 9.97 Å². The fourth-order valence-electron chi connectivity index (χ4n) is 2.42. The zero-order chi connectivity index (χ0) is 14.4. The van der Waals surface area contributed by atoms with Gasteiger partial charge in [0, 0.05) is 12.6 Å². The van der Waals surface area contributed by atoms with Crippen LogP contribution in [0.5, 0.6) is 0 Å². The summed E-state index contributed by atoms with van der Waals surface area (Å²) in [6.07, 6.45) is -1.08. The van der Waals surface area contributed by atoms with Crippen LogP contribution in [-0.2, 0) is 4.74 Å². The van der Waals surface area contributed by atoms with Gasteiger partial charge in [0.25, 0.3) is 0 Å². The van der Waals surface area contributed by atoms with Crippen LogP contribution in [0.15, 0.2) is 11.0 Å². The van der Waals surface area contributed by atoms with E-state index in [0.29, 0.717) is 0 Å². The van der Waals surface area contributed by atoms with E-state index in [9.17, 15) is 14.3 Å². The fourth-order valence-corrected chi connectivity index (χ4v) is 2.42. The van der Waals surface area contributed by atoms with Gasteiger partial charge in [0.2, 0.25) is 0 Å². The van der Waals surface area contributed by atoms with Crippen LogP contribution in [0.1, 0.15) is 12.6 Å². The normalized spacial score (nSPS) is 26.4. The minimum atomic E-state index is -0.871. The zero-order valence-corrected chi connectivity index (χ0v) is 10.3. The average molecular weight is 284 g/mol. The molecule has 5 N–H and O–H groups in total. The monoisotopic (exact) mass is 284 g/mol. The molecule has 1 fully saturated rings. The third-order valence-electron chi connectivity index (χ3n) is 3.37. The SMILES string of the molecule is Nc1[nH]c(=O)nc2c1c(F)cn2[C@H]1C[C@H](O)[C@@H](CO)O1. The second kappa shape index (κ2) is 4.54. The molecule has 1 saturated heterocycles. The Morgan fingerprint density at radius 2 is 2.40 bits per heavy atom. The molecule has 2 aromatic heterocycles. The molecular weight excluding hydrogens is 271 g/mol. The van der Waals surface area contributed by atoms with Crippen molar-refractivity contribution in [2.24, 2.45) is 0 Å². The van der Waals surface area contributed by atoms with Crippen LogP contribution < -0.4 is 11.4 Å². The van der Waals surface area contributed by atoms with Crippen LogP contribution in [-0.4, -0.2) is 43.6 Å². The van der Waals surface area contributed by atoms with Gasteiger partial charge in [-0.15, -0.1) is 0 Å². The van der Waals surface area contributed by atoms with E-state index in [4.69, 9.17) is 15.6 Å². The number of ether oxygens (including phenoxy) is 1. The van der Waals surface area contributed by atoms with Crippen molar-refractivity contribution in [3.05, 3.63) is 22.5 Å². The smallest absolute Gasteiger partial charge is 0.348 e. The molecule has 1 aliphatic heterocycles. The van der Waals surface area contributed by atoms with E-state index < -0.39 is 29.9 Å². The van der Waals surface area contributed by atoms with Crippen LogP contribution in [0.4, 0.5) is 10.2 Å². The molecule has 3 atom stereocenters. The molecule has 9 heteroatoms. The number of hydrogen-bond donors (Lipinski definition) is 4. The lowest BCUT2D eigenvalue weighted by molar-refractivity contribution is -0.0431. The highest BCUT2D eigenvalue weighted by Gasteiger charge is 2.35. The molecule has 3 rings (SSSR count). The van der Waals surface area contributed by atoms with E-state index in [-0.39, 0.29) is 29.9 Å². The number of aliphatic hydroxyl groups excluding tert-OH is 2. The molecule has 108 valence electrons. The molecule has 20 heavy (non-hydrogen) atoms. The molecule has 0 aliphatic carbocycles. The first-order valence-electron chi connectivity index (χ1n) is 6.01. The molecule has 0 saturated carbocycles. The maximum absolute atomic E-state index is 13.9. The van der Waals surface area contributed by atoms with Crippen molar-refractivity contribution in [1.82, 2.24) is 14.5 Å². The van der Waals surface area contributed by atoms with Gasteiger partial charge >= 0.3 is 5.69 Å². The van der Waals surface area contributed by atoms with E-state index in [1.165, 1.54) is 4.57 Å². The highest BCUT2D eigenvalue weighted by molar-refractivity contribution is 5.86. The summed E-state index contributed by atoms with van der Waals surface area (Å²) in [7, 11) is 0. The van der Waals surface area contributed by atoms with Crippen molar-refractivity contribution in [1.29, 1.82) is 0 Å². The highest BCUT2D eigenvalue weighted by Crippen LogP contribution is 2.33. The second-order valence-electron chi connectivity index (χ2n) is 4.65. The molecular formula is C11H13FN4O4. The maximum atomic E-state index is 13.9. The van der Waals surface area contributed by atoms with E-state index in [0.717, 1.165) is 6.20 Å². The largest absolute Gasteiger partial charge is 0.394 e. The van der Waals surface area contributed by atoms with E-state index in [1.807, 2.05) is 0 Å². The molecule has 0 aromatic carbocycles. The maximum Gasteiger partial charge on any atom is 0.348 e. The number of fused-ring (bicyclic) bond motifs is 1. The minimum Gasteiger partial charge on any atom is -0.394 e. The standard InChI is InChI=1S/C11H13FN4O4/c12-4-2-16(7-1-5(18)6(3-17)20-7)10-8(4)9(13)14-11(19)15-10/h2,5-7,17-18H,1,3H2,(H3,13,14,15,19)/t5-,6+,7+/m0/s1. The molecule has 0 bridgehead atoms. The van der Waals surface area contributed by atoms with Crippen LogP contribution >= 0.6 is 0 Å². The lowest BCUT2D eigenvalue weighted by Crippen LogP contribution is -2.24. The van der Waals surface area contributed by atoms with Gasteiger partial charge in [0.15, 0.2) is 11.5 Å². The third kappa shape index (κ3) is 1.87. The topological polar surface area (TPSA) is 126 Å². The summed E-state index contributed by atoms with van der Waals surface area (Å²) in [6.45, 7) is -0.352. The first-order chi connectivity index (χ1) is 9.51. The third-order valence-corrected chi connectivity index (χ3v) is 3.37. The predicted molar refractivity (Wildman–Crippen MR) is 66.3 cm³/mol. The number of hydrogen-bond acceptors (Lipinski definition) is 6. The number of anilines is 1. The molecule has 2 aromatic rings. The number of nitrogen functional groups attached to an aromatic ring is 1. The Morgan fingerprint density at radius 3 is 3.05 bits per heavy atom. The summed E-state index contributed by atoms with van der Waals surface area (Å²) >= 11 is 0. The number of halogens is 1. The summed E-state index contributed by atoms with van der Waals surface area (Å²) < 4.78 is 20.6. The Morgan fingerprint density at radius 1 is 1.65 bits per heavy atom. The Bertz CT molecular complexity index is 712. The summed E-state index contributed by atoms with van der Waals surface area (Å²) in [5.41, 5.74) is 4.91. The summed E-state index contributed by atoms with van der Waals surface area (Å²) in [6, 6.07) is 0. The van der Waals surface area contributed by atoms with E-state index >= 15 is 0 Å². The van der Waals surface area contributed by atoms with Gasteiger partial charge in [-0.25, -0.2) is 9.18 Å². The fraction of sp³-hybridized carbons (Fsp3) is 0.455.